The van der Waals surface area contributed by atoms with E-state index in [0.717, 1.165) is 6.42 Å². The minimum Gasteiger partial charge on any atom is -0.595 e. The predicted molar refractivity (Wildman–Crippen MR) is 121 cm³/mol. The topological polar surface area (TPSA) is 113 Å². The third-order valence-corrected chi connectivity index (χ3v) is 6.69. The number of hydrogen-bond acceptors (Lipinski definition) is 8. The van der Waals surface area contributed by atoms with Gasteiger partial charge in [-0.2, -0.15) is 5.23 Å². The average molecular weight is 451 g/mol. The van der Waals surface area contributed by atoms with Crippen LogP contribution in [0.1, 0.15) is 26.2 Å². The maximum Gasteiger partial charge on any atom is 0.376 e. The molecule has 10 heteroatoms. The molecule has 1 amide bonds. The van der Waals surface area contributed by atoms with E-state index in [-0.39, 0.29) is 24.0 Å². The van der Waals surface area contributed by atoms with E-state index in [0.29, 0.717) is 29.9 Å². The van der Waals surface area contributed by atoms with Crippen LogP contribution in [0.2, 0.25) is 0 Å². The molecule has 2 heterocycles. The minimum absolute atomic E-state index is 0.0464. The van der Waals surface area contributed by atoms with Crippen LogP contribution in [0.25, 0.3) is 0 Å². The number of quaternary nitrogens is 1. The zero-order valence-corrected chi connectivity index (χ0v) is 18.4. The van der Waals surface area contributed by atoms with Gasteiger partial charge in [0.15, 0.2) is 11.4 Å². The van der Waals surface area contributed by atoms with Crippen molar-refractivity contribution in [2.24, 2.45) is 11.0 Å². The van der Waals surface area contributed by atoms with Gasteiger partial charge in [-0.3, -0.25) is 9.69 Å². The minimum atomic E-state index is -1.03. The number of hydrazone groups is 1. The first-order chi connectivity index (χ1) is 15.9. The first kappa shape index (κ1) is 21.4. The lowest BCUT2D eigenvalue weighted by Crippen LogP contribution is -2.99. The summed E-state index contributed by atoms with van der Waals surface area (Å²) in [7, 11) is 1.75. The first-order valence-electron chi connectivity index (χ1n) is 11.0. The van der Waals surface area contributed by atoms with Crippen LogP contribution in [-0.4, -0.2) is 42.2 Å². The number of ether oxygens (including phenoxy) is 1. The standard InChI is InChI=1S/C23H25N5O5/c1-3-33-22(30)20-24-27(15-10-12-16(13-11-15)28(31)32)23-14-6-7-17(23)21(29)25(2)18-8-4-5-9-19(18)26(20)23/h4-5,8-13,17,28,31H,3,6-7,14H2,1-2H3/t17-,23+/m1/s1. The molecule has 1 fully saturated rings. The lowest BCUT2D eigenvalue weighted by molar-refractivity contribution is -0.991. The number of nitrogens with zero attached hydrogens (tertiary/aromatic N) is 4. The van der Waals surface area contributed by atoms with Gasteiger partial charge in [0.2, 0.25) is 11.7 Å². The first-order valence-corrected chi connectivity index (χ1v) is 11.0. The van der Waals surface area contributed by atoms with E-state index in [2.05, 4.69) is 0 Å². The third kappa shape index (κ3) is 3.02. The second-order valence-corrected chi connectivity index (χ2v) is 8.35. The molecule has 3 atom stereocenters. The van der Waals surface area contributed by atoms with E-state index in [1.54, 1.807) is 36.0 Å². The van der Waals surface area contributed by atoms with Crippen LogP contribution < -0.4 is 20.0 Å². The summed E-state index contributed by atoms with van der Waals surface area (Å²) in [5.74, 6) is -0.958. The van der Waals surface area contributed by atoms with Gasteiger partial charge >= 0.3 is 5.97 Å². The number of carbonyl (C=O) groups excluding carboxylic acids is 2. The molecule has 0 aromatic heterocycles. The van der Waals surface area contributed by atoms with Crippen LogP contribution in [0.15, 0.2) is 53.6 Å². The molecule has 10 nitrogen and oxygen atoms in total. The molecule has 1 spiro atoms. The summed E-state index contributed by atoms with van der Waals surface area (Å²) >= 11 is 0. The monoisotopic (exact) mass is 451 g/mol. The van der Waals surface area contributed by atoms with Crippen molar-refractivity contribution in [3.63, 3.8) is 0 Å². The van der Waals surface area contributed by atoms with E-state index in [1.807, 2.05) is 29.2 Å². The molecule has 1 aliphatic carbocycles. The number of carbonyl (C=O) groups is 2. The molecule has 0 radical (unpaired) electrons. The zero-order chi connectivity index (χ0) is 23.3. The van der Waals surface area contributed by atoms with Gasteiger partial charge in [-0.05, 0) is 50.5 Å². The number of esters is 1. The fourth-order valence-corrected chi connectivity index (χ4v) is 5.28. The summed E-state index contributed by atoms with van der Waals surface area (Å²) in [5.41, 5.74) is 1.20. The van der Waals surface area contributed by atoms with Gasteiger partial charge < -0.3 is 14.8 Å². The van der Waals surface area contributed by atoms with E-state index in [1.165, 1.54) is 12.1 Å². The van der Waals surface area contributed by atoms with Crippen LogP contribution in [0.5, 0.6) is 0 Å². The molecule has 172 valence electrons. The summed E-state index contributed by atoms with van der Waals surface area (Å²) in [5, 5.41) is 26.1. The number of anilines is 3. The Morgan fingerprint density at radius 2 is 1.94 bits per heavy atom. The molecule has 33 heavy (non-hydrogen) atoms. The van der Waals surface area contributed by atoms with Crippen molar-refractivity contribution >= 4 is 40.5 Å². The second-order valence-electron chi connectivity index (χ2n) is 8.35. The summed E-state index contributed by atoms with van der Waals surface area (Å²) < 4.78 is 5.35. The van der Waals surface area contributed by atoms with Gasteiger partial charge in [0.25, 0.3) is 0 Å². The Kier molecular flexibility index (Phi) is 5.08. The number of nitrogens with one attached hydrogen (secondary N) is 1. The lowest BCUT2D eigenvalue weighted by Gasteiger charge is -2.43. The number of benzene rings is 2. The molecular weight excluding hydrogens is 426 g/mol. The quantitative estimate of drug-likeness (QED) is 0.538. The van der Waals surface area contributed by atoms with Gasteiger partial charge in [0.05, 0.1) is 29.6 Å². The van der Waals surface area contributed by atoms with Crippen molar-refractivity contribution in [1.82, 2.24) is 0 Å². The van der Waals surface area contributed by atoms with Crippen molar-refractivity contribution in [1.29, 1.82) is 0 Å². The van der Waals surface area contributed by atoms with Crippen molar-refractivity contribution in [2.75, 3.05) is 28.5 Å². The van der Waals surface area contributed by atoms with Gasteiger partial charge in [0, 0.05) is 19.2 Å². The molecular formula is C23H25N5O5. The lowest BCUT2D eigenvalue weighted by atomic mass is 9.92. The van der Waals surface area contributed by atoms with E-state index in [4.69, 9.17) is 9.84 Å². The molecule has 2 aliphatic heterocycles. The number of hydrogen-bond donors (Lipinski definition) is 2. The van der Waals surface area contributed by atoms with Crippen LogP contribution in [0, 0.1) is 11.1 Å². The fraction of sp³-hybridized carbons (Fsp3) is 0.348. The normalized spacial score (nSPS) is 24.6. The SMILES string of the molecule is CCOC(=O)C1=NN(c2ccc([NH+]([O-])O)cc2)[C@@]23CCC[C@@H]2C(=O)N(C)c2ccccc2N13. The summed E-state index contributed by atoms with van der Waals surface area (Å²) in [6.07, 6.45) is 2.01. The Bertz CT molecular complexity index is 1130. The van der Waals surface area contributed by atoms with E-state index in [9.17, 15) is 20.0 Å². The van der Waals surface area contributed by atoms with Crippen molar-refractivity contribution in [3.05, 3.63) is 53.7 Å². The molecule has 2 aromatic carbocycles. The number of amidine groups is 1. The smallest absolute Gasteiger partial charge is 0.376 e. The van der Waals surface area contributed by atoms with Crippen molar-refractivity contribution in [3.8, 4) is 0 Å². The van der Waals surface area contributed by atoms with Crippen LogP contribution in [0.4, 0.5) is 22.7 Å². The Morgan fingerprint density at radius 1 is 1.24 bits per heavy atom. The largest absolute Gasteiger partial charge is 0.595 e. The number of fused-ring (bicyclic) bond motifs is 2. The van der Waals surface area contributed by atoms with Gasteiger partial charge in [-0.1, -0.05) is 12.1 Å². The maximum atomic E-state index is 13.7. The molecule has 0 saturated heterocycles. The number of amides is 1. The highest BCUT2D eigenvalue weighted by atomic mass is 16.8. The Balaban J connectivity index is 1.74. The van der Waals surface area contributed by atoms with Crippen LogP contribution in [-0.2, 0) is 14.3 Å². The van der Waals surface area contributed by atoms with Gasteiger partial charge in [0.1, 0.15) is 0 Å². The fourth-order valence-electron chi connectivity index (χ4n) is 5.28. The molecule has 0 bridgehead atoms. The molecule has 2 aromatic rings. The van der Waals surface area contributed by atoms with Crippen molar-refractivity contribution in [2.45, 2.75) is 31.8 Å². The maximum absolute atomic E-state index is 13.7. The molecule has 3 aliphatic rings. The highest BCUT2D eigenvalue weighted by Gasteiger charge is 2.63. The number of para-hydroxylation sites is 2. The number of rotatable bonds is 4. The molecule has 1 saturated carbocycles. The second kappa shape index (κ2) is 7.84. The van der Waals surface area contributed by atoms with Crippen LogP contribution in [0.3, 0.4) is 0 Å². The predicted octanol–water partition coefficient (Wildman–Crippen LogP) is 1.77. The molecule has 5 rings (SSSR count). The molecule has 1 unspecified atom stereocenters. The highest BCUT2D eigenvalue weighted by molar-refractivity contribution is 6.43. The van der Waals surface area contributed by atoms with E-state index >= 15 is 0 Å². The summed E-state index contributed by atoms with van der Waals surface area (Å²) in [6, 6.07) is 13.8. The Labute approximate surface area is 190 Å². The summed E-state index contributed by atoms with van der Waals surface area (Å²) in [6.45, 7) is 1.92. The molecule has 2 N–H and O–H groups in total. The van der Waals surface area contributed by atoms with Crippen LogP contribution >= 0.6 is 0 Å². The van der Waals surface area contributed by atoms with E-state index < -0.39 is 22.8 Å². The zero-order valence-electron chi connectivity index (χ0n) is 18.4. The third-order valence-electron chi connectivity index (χ3n) is 6.69. The van der Waals surface area contributed by atoms with Gasteiger partial charge in [-0.15, -0.1) is 5.10 Å². The Morgan fingerprint density at radius 3 is 2.61 bits per heavy atom. The van der Waals surface area contributed by atoms with Crippen molar-refractivity contribution < 1.29 is 24.8 Å². The highest BCUT2D eigenvalue weighted by Crippen LogP contribution is 2.54. The average Bonchev–Trinajstić information content (AvgIpc) is 3.39. The summed E-state index contributed by atoms with van der Waals surface area (Å²) in [4.78, 5) is 30.3. The Hall–Kier alpha value is -3.47. The van der Waals surface area contributed by atoms with Gasteiger partial charge in [-0.25, -0.2) is 15.0 Å².